The number of halogens is 3. The van der Waals surface area contributed by atoms with Crippen LogP contribution in [0.4, 0.5) is 30.2 Å². The van der Waals surface area contributed by atoms with Gasteiger partial charge in [-0.15, -0.1) is 0 Å². The summed E-state index contributed by atoms with van der Waals surface area (Å²) in [6.07, 6.45) is -3.76. The number of hydrogen-bond donors (Lipinski definition) is 3. The van der Waals surface area contributed by atoms with E-state index in [-0.39, 0.29) is 37.0 Å². The van der Waals surface area contributed by atoms with Gasteiger partial charge < -0.3 is 25.6 Å². The smallest absolute Gasteiger partial charge is 0.391 e. The molecule has 2 aromatic carbocycles. The summed E-state index contributed by atoms with van der Waals surface area (Å²) >= 11 is 0. The first-order valence-corrected chi connectivity index (χ1v) is 11.6. The highest BCUT2D eigenvalue weighted by atomic mass is 19.4. The van der Waals surface area contributed by atoms with E-state index in [2.05, 4.69) is 16.0 Å². The number of methoxy groups -OCH3 is 1. The summed E-state index contributed by atoms with van der Waals surface area (Å²) in [5.41, 5.74) is 3.34. The molecule has 1 unspecified atom stereocenters. The number of benzene rings is 2. The monoisotopic (exact) mass is 490 g/mol. The second-order valence-electron chi connectivity index (χ2n) is 8.93. The van der Waals surface area contributed by atoms with Crippen LogP contribution in [0.15, 0.2) is 42.5 Å². The third-order valence-electron chi connectivity index (χ3n) is 6.54. The van der Waals surface area contributed by atoms with E-state index in [4.69, 9.17) is 4.74 Å². The van der Waals surface area contributed by atoms with Gasteiger partial charge in [0, 0.05) is 50.0 Å². The standard InChI is InChI=1S/C25H29F3N4O3/c1-35-22-13-20(6-7-21(22)32-10-8-18(9-11-32)25(26,27)28)31-19-4-2-16(3-5-19)14-30-24(34)17-12-23(33)29-15-17/h2-7,13,17-18,31H,8-12,14-15H2,1H3,(H,29,33)(H,30,34). The van der Waals surface area contributed by atoms with Crippen LogP contribution in [0.25, 0.3) is 0 Å². The molecule has 0 bridgehead atoms. The Labute approximate surface area is 202 Å². The highest BCUT2D eigenvalue weighted by Gasteiger charge is 2.41. The van der Waals surface area contributed by atoms with Crippen molar-refractivity contribution in [3.8, 4) is 5.75 Å². The highest BCUT2D eigenvalue weighted by molar-refractivity contribution is 5.89. The van der Waals surface area contributed by atoms with Crippen LogP contribution in [0, 0.1) is 11.8 Å². The average molecular weight is 491 g/mol. The van der Waals surface area contributed by atoms with Crippen LogP contribution < -0.4 is 25.6 Å². The lowest BCUT2D eigenvalue weighted by Gasteiger charge is -2.35. The first-order valence-electron chi connectivity index (χ1n) is 11.6. The third-order valence-corrected chi connectivity index (χ3v) is 6.54. The summed E-state index contributed by atoms with van der Waals surface area (Å²) in [5, 5.41) is 8.81. The molecule has 3 N–H and O–H groups in total. The van der Waals surface area contributed by atoms with Crippen LogP contribution in [0.5, 0.6) is 5.75 Å². The van der Waals surface area contributed by atoms with E-state index in [9.17, 15) is 22.8 Å². The van der Waals surface area contributed by atoms with Crippen LogP contribution in [-0.2, 0) is 16.1 Å². The van der Waals surface area contributed by atoms with Crippen molar-refractivity contribution in [2.24, 2.45) is 11.8 Å². The molecule has 1 atom stereocenters. The van der Waals surface area contributed by atoms with E-state index in [0.717, 1.165) is 22.6 Å². The Bertz CT molecular complexity index is 1050. The first kappa shape index (κ1) is 24.7. The van der Waals surface area contributed by atoms with E-state index in [1.165, 1.54) is 0 Å². The van der Waals surface area contributed by atoms with Gasteiger partial charge in [-0.05, 0) is 42.7 Å². The van der Waals surface area contributed by atoms with Gasteiger partial charge in [-0.2, -0.15) is 13.2 Å². The number of nitrogens with one attached hydrogen (secondary N) is 3. The van der Waals surface area contributed by atoms with Crippen LogP contribution in [0.3, 0.4) is 0 Å². The summed E-state index contributed by atoms with van der Waals surface area (Å²) in [4.78, 5) is 25.3. The zero-order valence-electron chi connectivity index (χ0n) is 19.5. The van der Waals surface area contributed by atoms with E-state index in [0.29, 0.717) is 31.9 Å². The van der Waals surface area contributed by atoms with Crippen molar-refractivity contribution < 1.29 is 27.5 Å². The molecule has 2 fully saturated rings. The van der Waals surface area contributed by atoms with Crippen molar-refractivity contribution in [2.75, 3.05) is 37.0 Å². The quantitative estimate of drug-likeness (QED) is 0.547. The summed E-state index contributed by atoms with van der Waals surface area (Å²) in [6, 6.07) is 13.2. The fourth-order valence-electron chi connectivity index (χ4n) is 4.46. The predicted octanol–water partition coefficient (Wildman–Crippen LogP) is 3.97. The molecule has 4 rings (SSSR count). The molecular formula is C25H29F3N4O3. The number of carbonyl (C=O) groups excluding carboxylic acids is 2. The second-order valence-corrected chi connectivity index (χ2v) is 8.93. The molecule has 2 aliphatic heterocycles. The molecule has 0 aromatic heterocycles. The Kier molecular flexibility index (Phi) is 7.37. The number of rotatable bonds is 7. The lowest BCUT2D eigenvalue weighted by Crippen LogP contribution is -2.39. The maximum atomic E-state index is 13.0. The van der Waals surface area contributed by atoms with Crippen molar-refractivity contribution in [2.45, 2.75) is 32.0 Å². The summed E-state index contributed by atoms with van der Waals surface area (Å²) in [7, 11) is 1.55. The second kappa shape index (κ2) is 10.5. The minimum absolute atomic E-state index is 0.0785. The third kappa shape index (κ3) is 6.17. The molecule has 0 spiro atoms. The Morgan fingerprint density at radius 2 is 1.80 bits per heavy atom. The number of anilines is 3. The SMILES string of the molecule is COc1cc(Nc2ccc(CNC(=O)C3CNC(=O)C3)cc2)ccc1N1CCC(C(F)(F)F)CC1. The minimum atomic E-state index is -4.14. The molecule has 0 radical (unpaired) electrons. The molecule has 2 amide bonds. The molecule has 2 saturated heterocycles. The number of piperidine rings is 1. The summed E-state index contributed by atoms with van der Waals surface area (Å²) in [6.45, 7) is 1.41. The Morgan fingerprint density at radius 1 is 1.11 bits per heavy atom. The highest BCUT2D eigenvalue weighted by Crippen LogP contribution is 2.38. The predicted molar refractivity (Wildman–Crippen MR) is 127 cm³/mol. The topological polar surface area (TPSA) is 82.7 Å². The van der Waals surface area contributed by atoms with Gasteiger partial charge in [0.2, 0.25) is 11.8 Å². The van der Waals surface area contributed by atoms with Crippen molar-refractivity contribution >= 4 is 28.9 Å². The summed E-state index contributed by atoms with van der Waals surface area (Å²) in [5.74, 6) is -1.21. The number of carbonyl (C=O) groups is 2. The number of nitrogens with zero attached hydrogens (tertiary/aromatic N) is 1. The lowest BCUT2D eigenvalue weighted by atomic mass is 9.96. The first-order chi connectivity index (χ1) is 16.7. The molecular weight excluding hydrogens is 461 g/mol. The van der Waals surface area contributed by atoms with E-state index >= 15 is 0 Å². The Hall–Kier alpha value is -3.43. The number of amides is 2. The van der Waals surface area contributed by atoms with Gasteiger partial charge in [-0.1, -0.05) is 12.1 Å². The van der Waals surface area contributed by atoms with Gasteiger partial charge in [-0.3, -0.25) is 9.59 Å². The Morgan fingerprint density at radius 3 is 2.40 bits per heavy atom. The molecule has 0 aliphatic carbocycles. The van der Waals surface area contributed by atoms with Crippen molar-refractivity contribution in [3.63, 3.8) is 0 Å². The molecule has 10 heteroatoms. The fourth-order valence-corrected chi connectivity index (χ4v) is 4.46. The van der Waals surface area contributed by atoms with Crippen molar-refractivity contribution in [3.05, 3.63) is 48.0 Å². The van der Waals surface area contributed by atoms with Gasteiger partial charge in [0.15, 0.2) is 0 Å². The number of alkyl halides is 3. The molecule has 2 aromatic rings. The van der Waals surface area contributed by atoms with Gasteiger partial charge in [0.1, 0.15) is 5.75 Å². The molecule has 2 aliphatic rings. The molecule has 0 saturated carbocycles. The molecule has 2 heterocycles. The Balaban J connectivity index is 1.33. The largest absolute Gasteiger partial charge is 0.495 e. The maximum absolute atomic E-state index is 13.0. The number of hydrogen-bond acceptors (Lipinski definition) is 5. The fraction of sp³-hybridized carbons (Fsp3) is 0.440. The van der Waals surface area contributed by atoms with Crippen LogP contribution in [0.1, 0.15) is 24.8 Å². The number of ether oxygens (including phenoxy) is 1. The molecule has 188 valence electrons. The summed E-state index contributed by atoms with van der Waals surface area (Å²) < 4.78 is 44.4. The molecule has 7 nitrogen and oxygen atoms in total. The van der Waals surface area contributed by atoms with E-state index < -0.39 is 12.1 Å². The average Bonchev–Trinajstić information content (AvgIpc) is 3.29. The van der Waals surface area contributed by atoms with E-state index in [1.54, 1.807) is 7.11 Å². The van der Waals surface area contributed by atoms with Gasteiger partial charge in [0.25, 0.3) is 0 Å². The van der Waals surface area contributed by atoms with Crippen LogP contribution in [0.2, 0.25) is 0 Å². The van der Waals surface area contributed by atoms with E-state index in [1.807, 2.05) is 47.4 Å². The van der Waals surface area contributed by atoms with Crippen LogP contribution in [-0.4, -0.2) is 44.7 Å². The zero-order valence-corrected chi connectivity index (χ0v) is 19.5. The van der Waals surface area contributed by atoms with Gasteiger partial charge in [-0.25, -0.2) is 0 Å². The normalized spacial score (nSPS) is 18.8. The lowest BCUT2D eigenvalue weighted by molar-refractivity contribution is -0.179. The maximum Gasteiger partial charge on any atom is 0.391 e. The van der Waals surface area contributed by atoms with Crippen LogP contribution >= 0.6 is 0 Å². The minimum Gasteiger partial charge on any atom is -0.495 e. The van der Waals surface area contributed by atoms with Crippen molar-refractivity contribution in [1.29, 1.82) is 0 Å². The van der Waals surface area contributed by atoms with Gasteiger partial charge >= 0.3 is 6.18 Å². The van der Waals surface area contributed by atoms with Gasteiger partial charge in [0.05, 0.1) is 24.6 Å². The molecule has 35 heavy (non-hydrogen) atoms. The zero-order chi connectivity index (χ0) is 25.0. The van der Waals surface area contributed by atoms with Crippen molar-refractivity contribution in [1.82, 2.24) is 10.6 Å².